The van der Waals surface area contributed by atoms with E-state index in [4.69, 9.17) is 11.0 Å². The summed E-state index contributed by atoms with van der Waals surface area (Å²) in [5.41, 5.74) is 7.58. The van der Waals surface area contributed by atoms with Gasteiger partial charge in [0, 0.05) is 11.1 Å². The zero-order valence-corrected chi connectivity index (χ0v) is 10.4. The van der Waals surface area contributed by atoms with Gasteiger partial charge in [-0.25, -0.2) is 0 Å². The quantitative estimate of drug-likeness (QED) is 0.575. The fourth-order valence-electron chi connectivity index (χ4n) is 2.28. The minimum absolute atomic E-state index is 0.0183. The number of carbonyl (C=O) groups excluding carboxylic acids is 1. The summed E-state index contributed by atoms with van der Waals surface area (Å²) in [4.78, 5) is 11.4. The Bertz CT molecular complexity index is 579. The van der Waals surface area contributed by atoms with Gasteiger partial charge < -0.3 is 11.1 Å². The number of nitriles is 1. The molecule has 0 bridgehead atoms. The molecule has 2 rings (SSSR count). The van der Waals surface area contributed by atoms with E-state index in [0.29, 0.717) is 5.70 Å². The first kappa shape index (κ1) is 12.2. The Kier molecular flexibility index (Phi) is 2.84. The Morgan fingerprint density at radius 2 is 2.11 bits per heavy atom. The van der Waals surface area contributed by atoms with E-state index in [1.54, 1.807) is 0 Å². The van der Waals surface area contributed by atoms with Crippen molar-refractivity contribution in [1.82, 2.24) is 5.32 Å². The zero-order valence-electron chi connectivity index (χ0n) is 10.4. The van der Waals surface area contributed by atoms with Gasteiger partial charge in [-0.1, -0.05) is 24.3 Å². The molecule has 3 N–H and O–H groups in total. The van der Waals surface area contributed by atoms with Gasteiger partial charge >= 0.3 is 0 Å². The van der Waals surface area contributed by atoms with Crippen molar-refractivity contribution in [3.05, 3.63) is 41.0 Å². The number of rotatable bonds is 1. The molecule has 0 unspecified atom stereocenters. The molecule has 1 aliphatic heterocycles. The van der Waals surface area contributed by atoms with Crippen molar-refractivity contribution >= 4 is 11.6 Å². The molecule has 0 radical (unpaired) electrons. The summed E-state index contributed by atoms with van der Waals surface area (Å²) < 4.78 is 0. The molecule has 1 amide bonds. The number of hydrogen-bond acceptors (Lipinski definition) is 3. The number of benzene rings is 1. The molecule has 4 heteroatoms. The Labute approximate surface area is 106 Å². The number of hydrogen-bond donors (Lipinski definition) is 2. The average molecular weight is 241 g/mol. The van der Waals surface area contributed by atoms with Gasteiger partial charge in [-0.2, -0.15) is 5.26 Å². The first-order valence-corrected chi connectivity index (χ1v) is 5.75. The molecule has 1 heterocycles. The van der Waals surface area contributed by atoms with Crippen molar-refractivity contribution < 1.29 is 4.79 Å². The lowest BCUT2D eigenvalue weighted by atomic mass is 9.84. The van der Waals surface area contributed by atoms with E-state index in [1.807, 2.05) is 44.2 Å². The average Bonchev–Trinajstić information content (AvgIpc) is 2.27. The highest BCUT2D eigenvalue weighted by Crippen LogP contribution is 2.30. The number of carbonyl (C=O) groups is 1. The van der Waals surface area contributed by atoms with Crippen molar-refractivity contribution in [3.63, 3.8) is 0 Å². The van der Waals surface area contributed by atoms with Crippen LogP contribution in [0.25, 0.3) is 5.70 Å². The van der Waals surface area contributed by atoms with Crippen LogP contribution in [0, 0.1) is 11.3 Å². The number of nitrogens with one attached hydrogen (secondary N) is 1. The molecule has 4 nitrogen and oxygen atoms in total. The summed E-state index contributed by atoms with van der Waals surface area (Å²) in [6.07, 6.45) is 0.837. The van der Waals surface area contributed by atoms with Crippen LogP contribution in [-0.2, 0) is 11.2 Å². The van der Waals surface area contributed by atoms with Crippen LogP contribution in [0.2, 0.25) is 0 Å². The smallest absolute Gasteiger partial charge is 0.261 e. The van der Waals surface area contributed by atoms with E-state index >= 15 is 0 Å². The third-order valence-electron chi connectivity index (χ3n) is 2.99. The number of amides is 1. The summed E-state index contributed by atoms with van der Waals surface area (Å²) in [7, 11) is 0. The fraction of sp³-hybridized carbons (Fsp3) is 0.286. The molecule has 0 saturated heterocycles. The van der Waals surface area contributed by atoms with E-state index in [1.165, 1.54) is 0 Å². The van der Waals surface area contributed by atoms with Crippen molar-refractivity contribution in [2.24, 2.45) is 5.73 Å². The molecule has 0 fully saturated rings. The number of nitrogens with two attached hydrogens (primary N) is 1. The van der Waals surface area contributed by atoms with Crippen LogP contribution in [0.4, 0.5) is 0 Å². The van der Waals surface area contributed by atoms with E-state index in [2.05, 4.69) is 5.32 Å². The lowest BCUT2D eigenvalue weighted by molar-refractivity contribution is -0.114. The van der Waals surface area contributed by atoms with Crippen LogP contribution in [0.1, 0.15) is 25.0 Å². The van der Waals surface area contributed by atoms with E-state index in [-0.39, 0.29) is 11.1 Å². The highest BCUT2D eigenvalue weighted by molar-refractivity contribution is 6.04. The Hall–Kier alpha value is -2.28. The summed E-state index contributed by atoms with van der Waals surface area (Å²) >= 11 is 0. The lowest BCUT2D eigenvalue weighted by Gasteiger charge is -2.35. The van der Waals surface area contributed by atoms with Crippen molar-refractivity contribution in [2.75, 3.05) is 0 Å². The standard InChI is InChI=1S/C14H15N3O/c1-14(2)7-9-5-3-4-6-10(9)12(17-14)11(8-15)13(16)18/h3-6,17H,7H2,1-2H3,(H2,16,18)/b12-11-. The van der Waals surface area contributed by atoms with Gasteiger partial charge in [0.1, 0.15) is 11.6 Å². The third-order valence-corrected chi connectivity index (χ3v) is 2.99. The second-order valence-corrected chi connectivity index (χ2v) is 5.07. The largest absolute Gasteiger partial charge is 0.378 e. The van der Waals surface area contributed by atoms with Gasteiger partial charge in [-0.05, 0) is 25.8 Å². The first-order chi connectivity index (χ1) is 8.44. The van der Waals surface area contributed by atoms with Crippen molar-refractivity contribution in [1.29, 1.82) is 5.26 Å². The molecule has 0 spiro atoms. The fourth-order valence-corrected chi connectivity index (χ4v) is 2.28. The third kappa shape index (κ3) is 2.07. The van der Waals surface area contributed by atoms with Gasteiger partial charge in [0.15, 0.2) is 0 Å². The second kappa shape index (κ2) is 4.19. The van der Waals surface area contributed by atoms with Gasteiger partial charge in [0.05, 0.1) is 5.70 Å². The maximum Gasteiger partial charge on any atom is 0.261 e. The number of nitrogens with zero attached hydrogens (tertiary/aromatic N) is 1. The molecule has 1 aromatic rings. The minimum atomic E-state index is -0.701. The highest BCUT2D eigenvalue weighted by atomic mass is 16.1. The molecule has 0 atom stereocenters. The normalized spacial score (nSPS) is 19.2. The molecule has 0 saturated carbocycles. The summed E-state index contributed by atoms with van der Waals surface area (Å²) in [5, 5.41) is 12.3. The first-order valence-electron chi connectivity index (χ1n) is 5.75. The van der Waals surface area contributed by atoms with E-state index in [9.17, 15) is 4.79 Å². The molecule has 18 heavy (non-hydrogen) atoms. The molecule has 0 aromatic heterocycles. The summed E-state index contributed by atoms with van der Waals surface area (Å²) in [6, 6.07) is 9.63. The SMILES string of the molecule is CC1(C)Cc2ccccc2/C(=C(\C#N)C(N)=O)N1. The molecule has 1 aromatic carbocycles. The topological polar surface area (TPSA) is 78.9 Å². The van der Waals surface area contributed by atoms with Crippen LogP contribution in [-0.4, -0.2) is 11.4 Å². The Morgan fingerprint density at radius 1 is 1.44 bits per heavy atom. The Balaban J connectivity index is 2.69. The molecule has 0 aliphatic carbocycles. The van der Waals surface area contributed by atoms with Gasteiger partial charge in [0.2, 0.25) is 0 Å². The second-order valence-electron chi connectivity index (χ2n) is 5.07. The number of fused-ring (bicyclic) bond motifs is 1. The van der Waals surface area contributed by atoms with E-state index < -0.39 is 5.91 Å². The Morgan fingerprint density at radius 3 is 2.72 bits per heavy atom. The van der Waals surface area contributed by atoms with Gasteiger partial charge in [-0.15, -0.1) is 0 Å². The predicted molar refractivity (Wildman–Crippen MR) is 69.1 cm³/mol. The lowest BCUT2D eigenvalue weighted by Crippen LogP contribution is -2.44. The van der Waals surface area contributed by atoms with Gasteiger partial charge in [0.25, 0.3) is 5.91 Å². The maximum atomic E-state index is 11.4. The highest BCUT2D eigenvalue weighted by Gasteiger charge is 2.30. The van der Waals surface area contributed by atoms with E-state index in [0.717, 1.165) is 17.5 Å². The predicted octanol–water partition coefficient (Wildman–Crippen LogP) is 1.33. The molecule has 92 valence electrons. The van der Waals surface area contributed by atoms with Crippen LogP contribution in [0.5, 0.6) is 0 Å². The van der Waals surface area contributed by atoms with Gasteiger partial charge in [-0.3, -0.25) is 4.79 Å². The number of primary amides is 1. The van der Waals surface area contributed by atoms with Crippen molar-refractivity contribution in [2.45, 2.75) is 25.8 Å². The molecular weight excluding hydrogens is 226 g/mol. The zero-order chi connectivity index (χ0) is 13.3. The van der Waals surface area contributed by atoms with Crippen LogP contribution >= 0.6 is 0 Å². The maximum absolute atomic E-state index is 11.4. The monoisotopic (exact) mass is 241 g/mol. The summed E-state index contributed by atoms with van der Waals surface area (Å²) in [5.74, 6) is -0.701. The van der Waals surface area contributed by atoms with Crippen molar-refractivity contribution in [3.8, 4) is 6.07 Å². The van der Waals surface area contributed by atoms with Crippen LogP contribution in [0.3, 0.4) is 0 Å². The molecule has 1 aliphatic rings. The minimum Gasteiger partial charge on any atom is -0.378 e. The van der Waals surface area contributed by atoms with Crippen LogP contribution in [0.15, 0.2) is 29.8 Å². The van der Waals surface area contributed by atoms with Crippen LogP contribution < -0.4 is 11.1 Å². The summed E-state index contributed by atoms with van der Waals surface area (Å²) in [6.45, 7) is 4.05. The molecular formula is C14H15N3O.